The molecule has 3 aromatic carbocycles. The second kappa shape index (κ2) is 8.82. The van der Waals surface area contributed by atoms with E-state index in [0.29, 0.717) is 23.3 Å². The summed E-state index contributed by atoms with van der Waals surface area (Å²) in [4.78, 5) is 13.8. The van der Waals surface area contributed by atoms with E-state index in [4.69, 9.17) is 4.74 Å². The van der Waals surface area contributed by atoms with Crippen LogP contribution in [0.4, 0.5) is 0 Å². The van der Waals surface area contributed by atoms with Crippen LogP contribution in [0.5, 0.6) is 0 Å². The first-order chi connectivity index (χ1) is 15.9. The van der Waals surface area contributed by atoms with Gasteiger partial charge in [0.1, 0.15) is 6.10 Å². The van der Waals surface area contributed by atoms with E-state index < -0.39 is 0 Å². The molecule has 0 spiro atoms. The first-order valence-electron chi connectivity index (χ1n) is 12.4. The van der Waals surface area contributed by atoms with Crippen LogP contribution in [-0.2, 0) is 11.2 Å². The number of benzene rings is 3. The molecule has 0 N–H and O–H groups in total. The van der Waals surface area contributed by atoms with E-state index in [2.05, 4.69) is 82.3 Å². The van der Waals surface area contributed by atoms with Gasteiger partial charge < -0.3 is 4.74 Å². The quantitative estimate of drug-likeness (QED) is 0.388. The van der Waals surface area contributed by atoms with Gasteiger partial charge in [0.25, 0.3) is 0 Å². The highest BCUT2D eigenvalue weighted by molar-refractivity contribution is 6.09. The highest BCUT2D eigenvalue weighted by Gasteiger charge is 2.35. The third kappa shape index (κ3) is 4.01. The first kappa shape index (κ1) is 21.9. The fourth-order valence-electron chi connectivity index (χ4n) is 6.03. The number of carbonyl (C=O) groups excluding carboxylic acids is 1. The highest BCUT2D eigenvalue weighted by atomic mass is 16.5. The molecule has 0 aliphatic heterocycles. The van der Waals surface area contributed by atoms with Gasteiger partial charge in [0.15, 0.2) is 0 Å². The van der Waals surface area contributed by atoms with E-state index >= 15 is 0 Å². The Balaban J connectivity index is 1.61. The van der Waals surface area contributed by atoms with Crippen molar-refractivity contribution in [1.82, 2.24) is 0 Å². The molecule has 0 heterocycles. The van der Waals surface area contributed by atoms with Crippen LogP contribution >= 0.6 is 0 Å². The van der Waals surface area contributed by atoms with Gasteiger partial charge in [-0.05, 0) is 77.5 Å². The smallest absolute Gasteiger partial charge is 0.339 e. The highest BCUT2D eigenvalue weighted by Crippen LogP contribution is 2.42. The van der Waals surface area contributed by atoms with Crippen LogP contribution in [0.2, 0.25) is 0 Å². The van der Waals surface area contributed by atoms with Crippen molar-refractivity contribution in [3.05, 3.63) is 88.5 Å². The normalized spacial score (nSPS) is 22.6. The zero-order chi connectivity index (χ0) is 23.1. The summed E-state index contributed by atoms with van der Waals surface area (Å²) in [5, 5.41) is 2.27. The van der Waals surface area contributed by atoms with Crippen molar-refractivity contribution in [2.75, 3.05) is 0 Å². The number of hydrogen-bond donors (Lipinski definition) is 0. The molecule has 2 aliphatic carbocycles. The van der Waals surface area contributed by atoms with Crippen molar-refractivity contribution in [3.63, 3.8) is 0 Å². The summed E-state index contributed by atoms with van der Waals surface area (Å²) in [5.41, 5.74) is 6.82. The minimum Gasteiger partial charge on any atom is -0.458 e. The van der Waals surface area contributed by atoms with Crippen LogP contribution in [0.1, 0.15) is 74.0 Å². The SMILES string of the molecule is CC1=C(c2c(C(=O)O[C@@H]3C[C@H](C)CC[C@H]3C(C)C)ccc3ccccc23)c2ccccc2C1. The van der Waals surface area contributed by atoms with Gasteiger partial charge in [0.2, 0.25) is 0 Å². The van der Waals surface area contributed by atoms with Crippen LogP contribution in [0.25, 0.3) is 16.3 Å². The number of fused-ring (bicyclic) bond motifs is 2. The minimum atomic E-state index is -0.176. The van der Waals surface area contributed by atoms with Crippen LogP contribution < -0.4 is 0 Å². The molecule has 2 nitrogen and oxygen atoms in total. The van der Waals surface area contributed by atoms with Crippen molar-refractivity contribution < 1.29 is 9.53 Å². The Morgan fingerprint density at radius 1 is 0.970 bits per heavy atom. The zero-order valence-corrected chi connectivity index (χ0v) is 20.2. The average molecular weight is 439 g/mol. The Bertz CT molecular complexity index is 1230. The molecule has 1 saturated carbocycles. The maximum Gasteiger partial charge on any atom is 0.339 e. The lowest BCUT2D eigenvalue weighted by Gasteiger charge is -2.36. The maximum atomic E-state index is 13.8. The van der Waals surface area contributed by atoms with Gasteiger partial charge in [-0.1, -0.05) is 87.4 Å². The predicted molar refractivity (Wildman–Crippen MR) is 136 cm³/mol. The fraction of sp³-hybridized carbons (Fsp3) is 0.387. The lowest BCUT2D eigenvalue weighted by molar-refractivity contribution is -0.0174. The zero-order valence-electron chi connectivity index (χ0n) is 20.2. The number of allylic oxidation sites excluding steroid dienone is 1. The predicted octanol–water partition coefficient (Wildman–Crippen LogP) is 7.84. The number of hydrogen-bond acceptors (Lipinski definition) is 2. The fourth-order valence-corrected chi connectivity index (χ4v) is 6.03. The van der Waals surface area contributed by atoms with Crippen molar-refractivity contribution in [2.45, 2.75) is 59.5 Å². The second-order valence-corrected chi connectivity index (χ2v) is 10.5. The van der Waals surface area contributed by atoms with Gasteiger partial charge in [-0.2, -0.15) is 0 Å². The van der Waals surface area contributed by atoms with Crippen molar-refractivity contribution in [2.24, 2.45) is 17.8 Å². The number of carbonyl (C=O) groups is 1. The molecule has 5 rings (SSSR count). The third-order valence-corrected chi connectivity index (χ3v) is 7.79. The van der Waals surface area contributed by atoms with E-state index in [0.717, 1.165) is 35.6 Å². The van der Waals surface area contributed by atoms with Crippen LogP contribution in [0.15, 0.2) is 66.2 Å². The Morgan fingerprint density at radius 2 is 1.73 bits per heavy atom. The molecule has 0 radical (unpaired) electrons. The second-order valence-electron chi connectivity index (χ2n) is 10.5. The van der Waals surface area contributed by atoms with E-state index in [1.807, 2.05) is 6.07 Å². The molecule has 2 aliphatic rings. The molecule has 3 atom stereocenters. The number of esters is 1. The van der Waals surface area contributed by atoms with E-state index in [-0.39, 0.29) is 12.1 Å². The molecule has 1 fully saturated rings. The molecule has 170 valence electrons. The summed E-state index contributed by atoms with van der Waals surface area (Å²) >= 11 is 0. The summed E-state index contributed by atoms with van der Waals surface area (Å²) in [7, 11) is 0. The summed E-state index contributed by atoms with van der Waals surface area (Å²) < 4.78 is 6.33. The third-order valence-electron chi connectivity index (χ3n) is 7.79. The van der Waals surface area contributed by atoms with Crippen LogP contribution in [0.3, 0.4) is 0 Å². The lowest BCUT2D eigenvalue weighted by atomic mass is 9.75. The monoisotopic (exact) mass is 438 g/mol. The molecule has 33 heavy (non-hydrogen) atoms. The standard InChI is InChI=1S/C31H34O2/c1-19(2)24-15-13-20(3)17-28(24)33-31(32)27-16-14-22-9-5-7-11-25(22)30(27)29-21(4)18-23-10-6-8-12-26(23)29/h5-12,14,16,19-20,24,28H,13,15,17-18H2,1-4H3/t20-,24+,28-/m1/s1. The van der Waals surface area contributed by atoms with E-state index in [1.165, 1.54) is 28.7 Å². The molecular formula is C31H34O2. The van der Waals surface area contributed by atoms with Gasteiger partial charge in [-0.15, -0.1) is 0 Å². The molecule has 3 aromatic rings. The maximum absolute atomic E-state index is 13.8. The molecule has 2 heteroatoms. The summed E-state index contributed by atoms with van der Waals surface area (Å²) in [6, 6.07) is 21.0. The molecule has 0 saturated heterocycles. The topological polar surface area (TPSA) is 26.3 Å². The molecule has 0 bridgehead atoms. The average Bonchev–Trinajstić information content (AvgIpc) is 3.13. The van der Waals surface area contributed by atoms with Crippen molar-refractivity contribution in [1.29, 1.82) is 0 Å². The largest absolute Gasteiger partial charge is 0.458 e. The number of rotatable bonds is 4. The van der Waals surface area contributed by atoms with Crippen LogP contribution in [0, 0.1) is 17.8 Å². The summed E-state index contributed by atoms with van der Waals surface area (Å²) in [6.07, 6.45) is 4.24. The molecule has 0 unspecified atom stereocenters. The van der Waals surface area contributed by atoms with Gasteiger partial charge in [0.05, 0.1) is 5.56 Å². The van der Waals surface area contributed by atoms with E-state index in [9.17, 15) is 4.79 Å². The van der Waals surface area contributed by atoms with Gasteiger partial charge >= 0.3 is 5.97 Å². The Kier molecular flexibility index (Phi) is 5.86. The lowest BCUT2D eigenvalue weighted by Crippen LogP contribution is -2.36. The van der Waals surface area contributed by atoms with Gasteiger partial charge in [-0.25, -0.2) is 4.79 Å². The Hall–Kier alpha value is -2.87. The van der Waals surface area contributed by atoms with Crippen molar-refractivity contribution in [3.8, 4) is 0 Å². The van der Waals surface area contributed by atoms with Crippen molar-refractivity contribution >= 4 is 22.3 Å². The Morgan fingerprint density at radius 3 is 2.55 bits per heavy atom. The van der Waals surface area contributed by atoms with Gasteiger partial charge in [-0.3, -0.25) is 0 Å². The van der Waals surface area contributed by atoms with E-state index in [1.54, 1.807) is 0 Å². The Labute approximate surface area is 197 Å². The minimum absolute atomic E-state index is 0.00786. The first-order valence-corrected chi connectivity index (χ1v) is 12.4. The summed E-state index contributed by atoms with van der Waals surface area (Å²) in [6.45, 7) is 8.99. The summed E-state index contributed by atoms with van der Waals surface area (Å²) in [5.74, 6) is 1.37. The molecule has 0 aromatic heterocycles. The number of ether oxygens (including phenoxy) is 1. The molecular weight excluding hydrogens is 404 g/mol. The van der Waals surface area contributed by atoms with Gasteiger partial charge in [0, 0.05) is 5.56 Å². The van der Waals surface area contributed by atoms with Crippen LogP contribution in [-0.4, -0.2) is 12.1 Å². The molecule has 0 amide bonds.